The third kappa shape index (κ3) is 6.62. The molecule has 0 bridgehead atoms. The summed E-state index contributed by atoms with van der Waals surface area (Å²) in [5, 5.41) is 13.9. The van der Waals surface area contributed by atoms with Gasteiger partial charge in [-0.2, -0.15) is 10.4 Å². The molecule has 1 aliphatic heterocycles. The summed E-state index contributed by atoms with van der Waals surface area (Å²) in [5.41, 5.74) is 4.02. The van der Waals surface area contributed by atoms with Gasteiger partial charge in [0.1, 0.15) is 17.7 Å². The molecule has 3 atom stereocenters. The van der Waals surface area contributed by atoms with E-state index in [1.165, 1.54) is 5.56 Å². The molecule has 0 N–H and O–H groups in total. The Hall–Kier alpha value is -3.84. The van der Waals surface area contributed by atoms with Gasteiger partial charge in [0.25, 0.3) is 5.56 Å². The molecule has 1 aliphatic rings. The summed E-state index contributed by atoms with van der Waals surface area (Å²) < 4.78 is 8.70. The number of carbonyl (C=O) groups is 1. The molecule has 1 fully saturated rings. The van der Waals surface area contributed by atoms with Crippen molar-refractivity contribution < 1.29 is 9.53 Å². The number of fused-ring (bicyclic) bond motifs is 1. The first-order chi connectivity index (χ1) is 19.9. The number of carbonyl (C=O) groups excluding carboxylic acids is 1. The standard InChI is InChI=1S/C32H45N7O3/c1-9-25-20-39(27-17-29(40)36(8)28-21-37(16-15-33)34-30(27)28)26(10-2)19-38(25)22(3)24-13-11-23(12-14-24)18-35(7)31(41)42-32(4,5)6/h11-14,17,21-22,25-26H,9-10,16,18-20H2,1-8H3/t22?,25-,26+/m1/s1. The first-order valence-electron chi connectivity index (χ1n) is 14.9. The maximum absolute atomic E-state index is 13.0. The van der Waals surface area contributed by atoms with Crippen LogP contribution in [0.5, 0.6) is 0 Å². The van der Waals surface area contributed by atoms with Crippen molar-refractivity contribution in [3.8, 4) is 6.07 Å². The van der Waals surface area contributed by atoms with Crippen molar-refractivity contribution in [3.63, 3.8) is 0 Å². The second-order valence-electron chi connectivity index (χ2n) is 12.4. The topological polar surface area (TPSA) is 99.6 Å². The zero-order valence-corrected chi connectivity index (χ0v) is 26.3. The number of aromatic nitrogens is 3. The lowest BCUT2D eigenvalue weighted by atomic mass is 9.96. The number of piperazine rings is 1. The molecule has 1 saturated heterocycles. The van der Waals surface area contributed by atoms with Gasteiger partial charge in [-0.25, -0.2) is 4.79 Å². The zero-order chi connectivity index (χ0) is 30.8. The fourth-order valence-electron chi connectivity index (χ4n) is 5.84. The van der Waals surface area contributed by atoms with Crippen LogP contribution in [-0.4, -0.2) is 68.1 Å². The van der Waals surface area contributed by atoms with Gasteiger partial charge in [0.15, 0.2) is 0 Å². The molecule has 2 aromatic heterocycles. The average Bonchev–Trinajstić information content (AvgIpc) is 3.37. The van der Waals surface area contributed by atoms with Gasteiger partial charge >= 0.3 is 6.09 Å². The van der Waals surface area contributed by atoms with Gasteiger partial charge in [-0.3, -0.25) is 14.4 Å². The molecule has 4 rings (SSSR count). The van der Waals surface area contributed by atoms with E-state index in [0.29, 0.717) is 6.54 Å². The molecule has 10 nitrogen and oxygen atoms in total. The summed E-state index contributed by atoms with van der Waals surface area (Å²) in [6.45, 7) is 14.5. The quantitative estimate of drug-likeness (QED) is 0.370. The number of pyridine rings is 1. The molecule has 3 heterocycles. The maximum Gasteiger partial charge on any atom is 0.410 e. The van der Waals surface area contributed by atoms with E-state index < -0.39 is 5.60 Å². The predicted octanol–water partition coefficient (Wildman–Crippen LogP) is 5.07. The minimum absolute atomic E-state index is 0.0786. The molecule has 42 heavy (non-hydrogen) atoms. The number of nitriles is 1. The van der Waals surface area contributed by atoms with Gasteiger partial charge in [0.2, 0.25) is 0 Å². The van der Waals surface area contributed by atoms with E-state index in [1.807, 2.05) is 20.8 Å². The lowest BCUT2D eigenvalue weighted by Gasteiger charge is -2.49. The van der Waals surface area contributed by atoms with Crippen molar-refractivity contribution in [2.45, 2.75) is 91.2 Å². The third-order valence-electron chi connectivity index (χ3n) is 8.25. The maximum atomic E-state index is 13.0. The Morgan fingerprint density at radius 3 is 2.43 bits per heavy atom. The normalized spacial score (nSPS) is 18.6. The van der Waals surface area contributed by atoms with Gasteiger partial charge in [-0.05, 0) is 51.7 Å². The van der Waals surface area contributed by atoms with Crippen molar-refractivity contribution in [1.29, 1.82) is 5.26 Å². The Labute approximate surface area is 249 Å². The molecule has 226 valence electrons. The summed E-state index contributed by atoms with van der Waals surface area (Å²) in [4.78, 5) is 31.9. The number of rotatable bonds is 8. The first-order valence-corrected chi connectivity index (χ1v) is 14.9. The molecule has 0 spiro atoms. The summed E-state index contributed by atoms with van der Waals surface area (Å²) in [5.74, 6) is 0. The lowest BCUT2D eigenvalue weighted by molar-refractivity contribution is 0.0285. The van der Waals surface area contributed by atoms with Gasteiger partial charge in [0.05, 0.1) is 23.5 Å². The number of nitrogens with zero attached hydrogens (tertiary/aromatic N) is 7. The monoisotopic (exact) mass is 575 g/mol. The first kappa shape index (κ1) is 31.1. The molecule has 0 aliphatic carbocycles. The van der Waals surface area contributed by atoms with E-state index in [1.54, 1.807) is 40.5 Å². The molecule has 3 aromatic rings. The fourth-order valence-corrected chi connectivity index (χ4v) is 5.84. The van der Waals surface area contributed by atoms with Crippen molar-refractivity contribution in [1.82, 2.24) is 24.1 Å². The highest BCUT2D eigenvalue weighted by Gasteiger charge is 2.36. The van der Waals surface area contributed by atoms with Gasteiger partial charge in [-0.1, -0.05) is 38.1 Å². The van der Waals surface area contributed by atoms with Crippen LogP contribution in [0.4, 0.5) is 10.5 Å². The minimum Gasteiger partial charge on any atom is -0.444 e. The Balaban J connectivity index is 1.54. The number of ether oxygens (including phenoxy) is 1. The van der Waals surface area contributed by atoms with E-state index in [0.717, 1.165) is 48.2 Å². The second kappa shape index (κ2) is 12.6. The van der Waals surface area contributed by atoms with E-state index in [4.69, 9.17) is 9.84 Å². The third-order valence-corrected chi connectivity index (χ3v) is 8.25. The molecule has 0 radical (unpaired) electrons. The van der Waals surface area contributed by atoms with Crippen LogP contribution in [0.2, 0.25) is 0 Å². The second-order valence-corrected chi connectivity index (χ2v) is 12.4. The van der Waals surface area contributed by atoms with Crippen LogP contribution in [-0.2, 0) is 24.9 Å². The van der Waals surface area contributed by atoms with Crippen LogP contribution in [0.3, 0.4) is 0 Å². The Kier molecular flexibility index (Phi) is 9.31. The molecule has 1 unspecified atom stereocenters. The number of aryl methyl sites for hydroxylation is 1. The van der Waals surface area contributed by atoms with Crippen molar-refractivity contribution in [3.05, 3.63) is 58.0 Å². The SMILES string of the molecule is CC[C@H]1CN(C(C)c2ccc(CN(C)C(=O)OC(C)(C)C)cc2)[C@H](CC)CN1c1cc(=O)n(C)c2cn(CC#N)nc12. The van der Waals surface area contributed by atoms with Crippen LogP contribution in [0, 0.1) is 11.3 Å². The van der Waals surface area contributed by atoms with Crippen LogP contribution in [0.15, 0.2) is 41.3 Å². The number of amides is 1. The molecule has 0 saturated carbocycles. The molecular formula is C32H45N7O3. The summed E-state index contributed by atoms with van der Waals surface area (Å²) in [6, 6.07) is 13.0. The fraction of sp³-hybridized carbons (Fsp3) is 0.562. The van der Waals surface area contributed by atoms with E-state index in [9.17, 15) is 14.9 Å². The highest BCUT2D eigenvalue weighted by atomic mass is 16.6. The van der Waals surface area contributed by atoms with E-state index in [2.05, 4.69) is 60.9 Å². The predicted molar refractivity (Wildman–Crippen MR) is 165 cm³/mol. The average molecular weight is 576 g/mol. The van der Waals surface area contributed by atoms with E-state index in [-0.39, 0.29) is 36.3 Å². The van der Waals surface area contributed by atoms with Crippen molar-refractivity contribution in [2.75, 3.05) is 25.0 Å². The summed E-state index contributed by atoms with van der Waals surface area (Å²) >= 11 is 0. The minimum atomic E-state index is -0.526. The smallest absolute Gasteiger partial charge is 0.410 e. The zero-order valence-electron chi connectivity index (χ0n) is 26.3. The summed E-state index contributed by atoms with van der Waals surface area (Å²) in [7, 11) is 3.50. The highest BCUT2D eigenvalue weighted by Crippen LogP contribution is 2.34. The van der Waals surface area contributed by atoms with Gasteiger partial charge in [-0.15, -0.1) is 0 Å². The Morgan fingerprint density at radius 2 is 1.83 bits per heavy atom. The number of hydrogen-bond donors (Lipinski definition) is 0. The molecular weight excluding hydrogens is 530 g/mol. The van der Waals surface area contributed by atoms with Gasteiger partial charge < -0.3 is 19.1 Å². The largest absolute Gasteiger partial charge is 0.444 e. The van der Waals surface area contributed by atoms with Crippen LogP contribution in [0.25, 0.3) is 11.0 Å². The van der Waals surface area contributed by atoms with Crippen molar-refractivity contribution >= 4 is 22.8 Å². The Bertz CT molecular complexity index is 1500. The number of benzene rings is 1. The molecule has 10 heteroatoms. The number of anilines is 1. The highest BCUT2D eigenvalue weighted by molar-refractivity contribution is 5.88. The Morgan fingerprint density at radius 1 is 1.17 bits per heavy atom. The summed E-state index contributed by atoms with van der Waals surface area (Å²) in [6.07, 6.45) is 3.34. The van der Waals surface area contributed by atoms with Crippen LogP contribution >= 0.6 is 0 Å². The van der Waals surface area contributed by atoms with E-state index >= 15 is 0 Å². The van der Waals surface area contributed by atoms with Gasteiger partial charge in [0, 0.05) is 57.9 Å². The number of hydrogen-bond acceptors (Lipinski definition) is 7. The molecule has 1 aromatic carbocycles. The van der Waals surface area contributed by atoms with Crippen LogP contribution in [0.1, 0.15) is 71.6 Å². The van der Waals surface area contributed by atoms with Crippen LogP contribution < -0.4 is 10.5 Å². The van der Waals surface area contributed by atoms with Crippen molar-refractivity contribution in [2.24, 2.45) is 7.05 Å². The molecule has 1 amide bonds. The lowest BCUT2D eigenvalue weighted by Crippen LogP contribution is -2.58.